The Kier molecular flexibility index (Phi) is 1.48. The van der Waals surface area contributed by atoms with Gasteiger partial charge < -0.3 is 15.3 Å². The van der Waals surface area contributed by atoms with E-state index in [-0.39, 0.29) is 5.79 Å². The lowest BCUT2D eigenvalue weighted by atomic mass is 9.79. The molecule has 0 radical (unpaired) electrons. The van der Waals surface area contributed by atoms with E-state index in [0.29, 0.717) is 11.8 Å². The van der Waals surface area contributed by atoms with Crippen molar-refractivity contribution in [1.29, 1.82) is 0 Å². The second kappa shape index (κ2) is 2.69. The van der Waals surface area contributed by atoms with Crippen LogP contribution in [0.1, 0.15) is 19.3 Å². The SMILES string of the molecule is N/N=C1\C[C@@H]2[C@@H]3CC4(OCCO4)[C@@H]4[C@@H]3C[C@@H]2[C@H]14. The second-order valence-electron chi connectivity index (χ2n) is 6.48. The van der Waals surface area contributed by atoms with Gasteiger partial charge in [0.15, 0.2) is 5.79 Å². The molecule has 5 rings (SSSR count). The maximum Gasteiger partial charge on any atom is 0.172 e. The Balaban J connectivity index is 1.66. The van der Waals surface area contributed by atoms with E-state index in [4.69, 9.17) is 15.3 Å². The van der Waals surface area contributed by atoms with Crippen molar-refractivity contribution in [2.45, 2.75) is 25.0 Å². The van der Waals surface area contributed by atoms with Crippen LogP contribution in [0, 0.1) is 35.5 Å². The van der Waals surface area contributed by atoms with Crippen LogP contribution >= 0.6 is 0 Å². The molecule has 1 saturated heterocycles. The van der Waals surface area contributed by atoms with Crippen molar-refractivity contribution in [3.63, 3.8) is 0 Å². The van der Waals surface area contributed by atoms with Gasteiger partial charge in [-0.3, -0.25) is 0 Å². The van der Waals surface area contributed by atoms with Crippen molar-refractivity contribution in [3.8, 4) is 0 Å². The molecule has 1 aliphatic heterocycles. The van der Waals surface area contributed by atoms with Gasteiger partial charge in [-0.1, -0.05) is 0 Å². The number of ether oxygens (including phenoxy) is 2. The highest BCUT2D eigenvalue weighted by molar-refractivity contribution is 5.91. The minimum atomic E-state index is -0.250. The van der Waals surface area contributed by atoms with Gasteiger partial charge in [-0.25, -0.2) is 0 Å². The Bertz CT molecular complexity index is 416. The van der Waals surface area contributed by atoms with Gasteiger partial charge in [-0.05, 0) is 36.5 Å². The predicted octanol–water partition coefficient (Wildman–Crippen LogP) is 0.966. The third-order valence-corrected chi connectivity index (χ3v) is 6.30. The molecule has 5 aliphatic rings. The van der Waals surface area contributed by atoms with Crippen LogP contribution in [0.15, 0.2) is 5.10 Å². The molecule has 2 bridgehead atoms. The van der Waals surface area contributed by atoms with Crippen molar-refractivity contribution in [2.24, 2.45) is 46.5 Å². The van der Waals surface area contributed by atoms with Crippen LogP contribution in [0.4, 0.5) is 0 Å². The Labute approximate surface area is 101 Å². The van der Waals surface area contributed by atoms with Gasteiger partial charge in [0.05, 0.1) is 13.2 Å². The minimum Gasteiger partial charge on any atom is -0.347 e. The van der Waals surface area contributed by atoms with Gasteiger partial charge in [-0.2, -0.15) is 5.10 Å². The third-order valence-electron chi connectivity index (χ3n) is 6.30. The van der Waals surface area contributed by atoms with Crippen LogP contribution in [0.3, 0.4) is 0 Å². The number of rotatable bonds is 0. The smallest absolute Gasteiger partial charge is 0.172 e. The van der Waals surface area contributed by atoms with Crippen molar-refractivity contribution in [2.75, 3.05) is 13.2 Å². The largest absolute Gasteiger partial charge is 0.347 e. The predicted molar refractivity (Wildman–Crippen MR) is 61.0 cm³/mol. The Morgan fingerprint density at radius 2 is 1.94 bits per heavy atom. The Morgan fingerprint density at radius 3 is 2.71 bits per heavy atom. The highest BCUT2D eigenvalue weighted by atomic mass is 16.7. The van der Waals surface area contributed by atoms with E-state index in [0.717, 1.165) is 49.7 Å². The highest BCUT2D eigenvalue weighted by Crippen LogP contribution is 2.73. The first-order valence-electron chi connectivity index (χ1n) is 6.88. The Morgan fingerprint density at radius 1 is 1.12 bits per heavy atom. The first kappa shape index (κ1) is 9.34. The van der Waals surface area contributed by atoms with Crippen molar-refractivity contribution in [3.05, 3.63) is 0 Å². The summed E-state index contributed by atoms with van der Waals surface area (Å²) in [5.74, 6) is 9.79. The number of hydrogen-bond donors (Lipinski definition) is 1. The van der Waals surface area contributed by atoms with E-state index >= 15 is 0 Å². The molecule has 4 nitrogen and oxygen atoms in total. The Hall–Kier alpha value is -0.610. The molecule has 0 amide bonds. The van der Waals surface area contributed by atoms with Gasteiger partial charge in [0.25, 0.3) is 0 Å². The van der Waals surface area contributed by atoms with Gasteiger partial charge in [-0.15, -0.1) is 0 Å². The monoisotopic (exact) mass is 234 g/mol. The summed E-state index contributed by atoms with van der Waals surface area (Å²) in [6.45, 7) is 1.54. The van der Waals surface area contributed by atoms with Crippen LogP contribution in [-0.4, -0.2) is 24.7 Å². The number of nitrogens with two attached hydrogens (primary N) is 1. The number of hydrogen-bond acceptors (Lipinski definition) is 4. The average Bonchev–Trinajstić information content (AvgIpc) is 3.03. The topological polar surface area (TPSA) is 56.8 Å². The first-order chi connectivity index (χ1) is 8.34. The van der Waals surface area contributed by atoms with E-state index in [2.05, 4.69) is 5.10 Å². The third kappa shape index (κ3) is 0.838. The zero-order chi connectivity index (χ0) is 11.2. The molecule has 1 heterocycles. The fourth-order valence-electron chi connectivity index (χ4n) is 6.08. The molecule has 4 saturated carbocycles. The second-order valence-corrected chi connectivity index (χ2v) is 6.48. The lowest BCUT2D eigenvalue weighted by Gasteiger charge is -2.33. The van der Waals surface area contributed by atoms with Crippen molar-refractivity contribution in [1.82, 2.24) is 0 Å². The normalized spacial score (nSPS) is 58.9. The highest BCUT2D eigenvalue weighted by Gasteiger charge is 2.74. The molecule has 92 valence electrons. The van der Waals surface area contributed by atoms with E-state index < -0.39 is 0 Å². The zero-order valence-corrected chi connectivity index (χ0v) is 9.84. The molecule has 1 spiro atoms. The minimum absolute atomic E-state index is 0.250. The summed E-state index contributed by atoms with van der Waals surface area (Å²) in [4.78, 5) is 0. The summed E-state index contributed by atoms with van der Waals surface area (Å²) in [6.07, 6.45) is 3.66. The molecular formula is C13H18N2O2. The lowest BCUT2D eigenvalue weighted by Crippen LogP contribution is -2.41. The number of fused-ring (bicyclic) bond motifs is 3. The van der Waals surface area contributed by atoms with Crippen LogP contribution in [0.5, 0.6) is 0 Å². The summed E-state index contributed by atoms with van der Waals surface area (Å²) >= 11 is 0. The van der Waals surface area contributed by atoms with Gasteiger partial charge in [0, 0.05) is 24.0 Å². The van der Waals surface area contributed by atoms with Crippen LogP contribution in [0.2, 0.25) is 0 Å². The summed E-state index contributed by atoms with van der Waals surface area (Å²) in [6, 6.07) is 0. The summed E-state index contributed by atoms with van der Waals surface area (Å²) in [7, 11) is 0. The first-order valence-corrected chi connectivity index (χ1v) is 6.88. The fourth-order valence-corrected chi connectivity index (χ4v) is 6.08. The maximum atomic E-state index is 6.04. The molecule has 4 aliphatic carbocycles. The fraction of sp³-hybridized carbons (Fsp3) is 0.923. The molecule has 17 heavy (non-hydrogen) atoms. The molecule has 2 N–H and O–H groups in total. The average molecular weight is 234 g/mol. The summed E-state index contributed by atoms with van der Waals surface area (Å²) < 4.78 is 12.1. The molecule has 0 aromatic heterocycles. The van der Waals surface area contributed by atoms with Crippen LogP contribution < -0.4 is 5.84 Å². The van der Waals surface area contributed by atoms with E-state index in [9.17, 15) is 0 Å². The molecule has 0 aromatic rings. The zero-order valence-electron chi connectivity index (χ0n) is 9.84. The van der Waals surface area contributed by atoms with Crippen molar-refractivity contribution < 1.29 is 9.47 Å². The lowest BCUT2D eigenvalue weighted by molar-refractivity contribution is -0.188. The van der Waals surface area contributed by atoms with Crippen LogP contribution in [0.25, 0.3) is 0 Å². The van der Waals surface area contributed by atoms with Crippen molar-refractivity contribution >= 4 is 5.71 Å². The standard InChI is InChI=1S/C13H18N2O2/c14-15-10-4-6-7-3-8-9(6)5-13(12(8)11(7)10)16-1-2-17-13/h6-9,11-12H,1-5,14H2/b15-10+/t6-,7-,8+,9-,11+,12+/m0/s1. The van der Waals surface area contributed by atoms with E-state index in [1.54, 1.807) is 0 Å². The molecule has 4 heteroatoms. The molecule has 5 fully saturated rings. The maximum absolute atomic E-state index is 6.04. The molecule has 0 aromatic carbocycles. The van der Waals surface area contributed by atoms with Crippen LogP contribution in [-0.2, 0) is 9.47 Å². The number of nitrogens with zero attached hydrogens (tertiary/aromatic N) is 1. The summed E-state index contributed by atoms with van der Waals surface area (Å²) in [5.41, 5.74) is 1.26. The molecular weight excluding hydrogens is 216 g/mol. The number of hydrazone groups is 1. The quantitative estimate of drug-likeness (QED) is 0.502. The summed E-state index contributed by atoms with van der Waals surface area (Å²) in [5, 5.41) is 4.09. The molecule has 0 unspecified atom stereocenters. The molecule has 6 atom stereocenters. The van der Waals surface area contributed by atoms with Gasteiger partial charge in [0.2, 0.25) is 0 Å². The van der Waals surface area contributed by atoms with Gasteiger partial charge >= 0.3 is 0 Å². The van der Waals surface area contributed by atoms with E-state index in [1.165, 1.54) is 12.1 Å². The van der Waals surface area contributed by atoms with E-state index in [1.807, 2.05) is 0 Å². The van der Waals surface area contributed by atoms with Gasteiger partial charge in [0.1, 0.15) is 0 Å².